The maximum atomic E-state index is 5.76. The first-order valence-corrected chi connectivity index (χ1v) is 5.74. The molecule has 0 atom stereocenters. The van der Waals surface area contributed by atoms with Gasteiger partial charge in [-0.3, -0.25) is 0 Å². The molecule has 1 N–H and O–H groups in total. The second-order valence-corrected chi connectivity index (χ2v) is 4.62. The van der Waals surface area contributed by atoms with Gasteiger partial charge in [0.15, 0.2) is 0 Å². The van der Waals surface area contributed by atoms with Crippen molar-refractivity contribution in [3.63, 3.8) is 0 Å². The Morgan fingerprint density at radius 2 is 2.07 bits per heavy atom. The topological polar surface area (TPSA) is 21.3 Å². The number of benzene rings is 1. The van der Waals surface area contributed by atoms with E-state index in [0.717, 1.165) is 18.0 Å². The van der Waals surface area contributed by atoms with Gasteiger partial charge in [-0.25, -0.2) is 0 Å². The summed E-state index contributed by atoms with van der Waals surface area (Å²) in [7, 11) is 0. The Hall–Kier alpha value is -1.18. The molecule has 0 aromatic heterocycles. The fourth-order valence-corrected chi connectivity index (χ4v) is 1.42. The van der Waals surface area contributed by atoms with E-state index in [0.29, 0.717) is 12.0 Å². The van der Waals surface area contributed by atoms with Gasteiger partial charge in [-0.2, -0.15) is 0 Å². The summed E-state index contributed by atoms with van der Waals surface area (Å²) >= 11 is 0. The van der Waals surface area contributed by atoms with Crippen LogP contribution in [0.15, 0.2) is 24.3 Å². The Balaban J connectivity index is 1.99. The van der Waals surface area contributed by atoms with E-state index in [1.54, 1.807) is 0 Å². The van der Waals surface area contributed by atoms with Gasteiger partial charge in [0.1, 0.15) is 5.75 Å². The predicted octanol–water partition coefficient (Wildman–Crippen LogP) is 3.30. The summed E-state index contributed by atoms with van der Waals surface area (Å²) in [6.07, 6.45) is 2.58. The van der Waals surface area contributed by atoms with Gasteiger partial charge in [0, 0.05) is 6.04 Å². The highest BCUT2D eigenvalue weighted by atomic mass is 16.5. The second-order valence-electron chi connectivity index (χ2n) is 4.62. The lowest BCUT2D eigenvalue weighted by Crippen LogP contribution is -2.08. The lowest BCUT2D eigenvalue weighted by molar-refractivity contribution is 0.272. The Morgan fingerprint density at radius 1 is 1.33 bits per heavy atom. The Kier molecular flexibility index (Phi) is 3.14. The van der Waals surface area contributed by atoms with Gasteiger partial charge in [-0.1, -0.05) is 26.0 Å². The van der Waals surface area contributed by atoms with Gasteiger partial charge in [0.05, 0.1) is 12.3 Å². The minimum Gasteiger partial charge on any atom is -0.491 e. The van der Waals surface area contributed by atoms with Crippen LogP contribution in [0, 0.1) is 5.92 Å². The van der Waals surface area contributed by atoms with Gasteiger partial charge in [-0.15, -0.1) is 0 Å². The van der Waals surface area contributed by atoms with Gasteiger partial charge in [-0.05, 0) is 30.9 Å². The smallest absolute Gasteiger partial charge is 0.142 e. The van der Waals surface area contributed by atoms with Crippen LogP contribution in [0.2, 0.25) is 0 Å². The Morgan fingerprint density at radius 3 is 2.73 bits per heavy atom. The lowest BCUT2D eigenvalue weighted by atomic mass is 10.2. The highest BCUT2D eigenvalue weighted by Gasteiger charge is 2.21. The molecule has 0 amide bonds. The van der Waals surface area contributed by atoms with Crippen molar-refractivity contribution < 1.29 is 4.74 Å². The van der Waals surface area contributed by atoms with Crippen LogP contribution in [0.5, 0.6) is 5.75 Å². The van der Waals surface area contributed by atoms with Crippen molar-refractivity contribution in [1.82, 2.24) is 0 Å². The molecule has 1 fully saturated rings. The van der Waals surface area contributed by atoms with Crippen molar-refractivity contribution >= 4 is 5.69 Å². The summed E-state index contributed by atoms with van der Waals surface area (Å²) in [5.74, 6) is 1.55. The molecule has 2 nitrogen and oxygen atoms in total. The number of para-hydroxylation sites is 2. The summed E-state index contributed by atoms with van der Waals surface area (Å²) < 4.78 is 5.76. The fourth-order valence-electron chi connectivity index (χ4n) is 1.42. The zero-order valence-electron chi connectivity index (χ0n) is 9.49. The molecule has 15 heavy (non-hydrogen) atoms. The number of ether oxygens (including phenoxy) is 1. The molecule has 0 radical (unpaired) electrons. The molecule has 1 saturated carbocycles. The van der Waals surface area contributed by atoms with E-state index in [9.17, 15) is 0 Å². The van der Waals surface area contributed by atoms with Crippen molar-refractivity contribution in [2.24, 2.45) is 5.92 Å². The first-order valence-electron chi connectivity index (χ1n) is 5.74. The largest absolute Gasteiger partial charge is 0.491 e. The standard InChI is InChI=1S/C13H19NO/c1-10(2)9-15-13-6-4-3-5-12(13)14-11-7-8-11/h3-6,10-11,14H,7-9H2,1-2H3. The third-order valence-electron chi connectivity index (χ3n) is 2.40. The number of hydrogen-bond donors (Lipinski definition) is 1. The summed E-state index contributed by atoms with van der Waals surface area (Å²) in [6.45, 7) is 5.11. The molecule has 2 heteroatoms. The highest BCUT2D eigenvalue weighted by molar-refractivity contribution is 5.57. The molecule has 0 aliphatic heterocycles. The number of nitrogens with one attached hydrogen (secondary N) is 1. The molecule has 1 aromatic rings. The monoisotopic (exact) mass is 205 g/mol. The zero-order valence-corrected chi connectivity index (χ0v) is 9.49. The number of hydrogen-bond acceptors (Lipinski definition) is 2. The van der Waals surface area contributed by atoms with Crippen molar-refractivity contribution in [1.29, 1.82) is 0 Å². The molecular formula is C13H19NO. The van der Waals surface area contributed by atoms with E-state index in [4.69, 9.17) is 4.74 Å². The molecule has 0 saturated heterocycles. The third kappa shape index (κ3) is 3.15. The second kappa shape index (κ2) is 4.56. The zero-order chi connectivity index (χ0) is 10.7. The molecule has 1 aliphatic carbocycles. The van der Waals surface area contributed by atoms with Gasteiger partial charge in [0.2, 0.25) is 0 Å². The van der Waals surface area contributed by atoms with Gasteiger partial charge < -0.3 is 10.1 Å². The van der Waals surface area contributed by atoms with Crippen LogP contribution in [0.25, 0.3) is 0 Å². The molecule has 0 heterocycles. The maximum Gasteiger partial charge on any atom is 0.142 e. The molecule has 82 valence electrons. The van der Waals surface area contributed by atoms with Crippen LogP contribution in [-0.4, -0.2) is 12.6 Å². The minimum absolute atomic E-state index is 0.569. The van der Waals surface area contributed by atoms with E-state index in [1.165, 1.54) is 12.8 Å². The first kappa shape index (κ1) is 10.3. The van der Waals surface area contributed by atoms with Crippen LogP contribution in [0.4, 0.5) is 5.69 Å². The van der Waals surface area contributed by atoms with Gasteiger partial charge in [0.25, 0.3) is 0 Å². The van der Waals surface area contributed by atoms with E-state index >= 15 is 0 Å². The Labute approximate surface area is 91.6 Å². The third-order valence-corrected chi connectivity index (χ3v) is 2.40. The average Bonchev–Trinajstić information content (AvgIpc) is 3.00. The first-order chi connectivity index (χ1) is 7.25. The van der Waals surface area contributed by atoms with E-state index in [-0.39, 0.29) is 0 Å². The number of anilines is 1. The van der Waals surface area contributed by atoms with Crippen molar-refractivity contribution in [3.8, 4) is 5.75 Å². The molecular weight excluding hydrogens is 186 g/mol. The van der Waals surface area contributed by atoms with E-state index in [1.807, 2.05) is 18.2 Å². The normalized spacial score (nSPS) is 15.4. The van der Waals surface area contributed by atoms with Crippen molar-refractivity contribution in [2.75, 3.05) is 11.9 Å². The quantitative estimate of drug-likeness (QED) is 0.796. The summed E-state index contributed by atoms with van der Waals surface area (Å²) in [4.78, 5) is 0. The molecule has 1 aliphatic rings. The van der Waals surface area contributed by atoms with Crippen molar-refractivity contribution in [2.45, 2.75) is 32.7 Å². The SMILES string of the molecule is CC(C)COc1ccccc1NC1CC1. The molecule has 1 aromatic carbocycles. The van der Waals surface area contributed by atoms with Crippen molar-refractivity contribution in [3.05, 3.63) is 24.3 Å². The summed E-state index contributed by atoms with van der Waals surface area (Å²) in [5, 5.41) is 3.48. The molecule has 0 bridgehead atoms. The highest BCUT2D eigenvalue weighted by Crippen LogP contribution is 2.30. The predicted molar refractivity (Wildman–Crippen MR) is 63.4 cm³/mol. The minimum atomic E-state index is 0.569. The van der Waals surface area contributed by atoms with Crippen LogP contribution in [0.3, 0.4) is 0 Å². The Bertz CT molecular complexity index is 318. The van der Waals surface area contributed by atoms with E-state index < -0.39 is 0 Å². The van der Waals surface area contributed by atoms with Gasteiger partial charge >= 0.3 is 0 Å². The average molecular weight is 205 g/mol. The fraction of sp³-hybridized carbons (Fsp3) is 0.538. The summed E-state index contributed by atoms with van der Waals surface area (Å²) in [5.41, 5.74) is 1.14. The number of rotatable bonds is 5. The summed E-state index contributed by atoms with van der Waals surface area (Å²) in [6, 6.07) is 8.87. The van der Waals surface area contributed by atoms with Crippen LogP contribution < -0.4 is 10.1 Å². The lowest BCUT2D eigenvalue weighted by Gasteiger charge is -2.13. The molecule has 0 unspecified atom stereocenters. The molecule has 2 rings (SSSR count). The van der Waals surface area contributed by atoms with Crippen LogP contribution in [0.1, 0.15) is 26.7 Å². The van der Waals surface area contributed by atoms with E-state index in [2.05, 4.69) is 25.2 Å². The van der Waals surface area contributed by atoms with Crippen LogP contribution >= 0.6 is 0 Å². The van der Waals surface area contributed by atoms with Crippen LogP contribution in [-0.2, 0) is 0 Å². The maximum absolute atomic E-state index is 5.76. The molecule has 0 spiro atoms.